The van der Waals surface area contributed by atoms with Crippen molar-refractivity contribution in [3.05, 3.63) is 42.5 Å². The number of hydrogen-bond donors (Lipinski definition) is 3. The Kier molecular flexibility index (Phi) is 6.75. The highest BCUT2D eigenvalue weighted by Gasteiger charge is 2.42. The lowest BCUT2D eigenvalue weighted by Crippen LogP contribution is -2.37. The molecule has 0 aliphatic heterocycles. The van der Waals surface area contributed by atoms with Gasteiger partial charge in [-0.15, -0.1) is 0 Å². The van der Waals surface area contributed by atoms with E-state index in [1.54, 1.807) is 18.6 Å². The van der Waals surface area contributed by atoms with Crippen molar-refractivity contribution in [1.82, 2.24) is 20.3 Å². The van der Waals surface area contributed by atoms with Crippen molar-refractivity contribution in [1.29, 1.82) is 0 Å². The van der Waals surface area contributed by atoms with E-state index in [2.05, 4.69) is 36.1 Å². The van der Waals surface area contributed by atoms with Crippen molar-refractivity contribution in [2.24, 2.45) is 17.3 Å². The lowest BCUT2D eigenvalue weighted by Gasteiger charge is -2.26. The Morgan fingerprint density at radius 2 is 2.00 bits per heavy atom. The number of aromatic nitrogens is 3. The molecule has 4 atom stereocenters. The maximum absolute atomic E-state index is 10.5. The monoisotopic (exact) mass is 384 g/mol. The Hall–Kier alpha value is -1.89. The van der Waals surface area contributed by atoms with Crippen LogP contribution in [0.5, 0.6) is 0 Å². The highest BCUT2D eigenvalue weighted by atomic mass is 16.3. The predicted octanol–water partition coefficient (Wildman–Crippen LogP) is 2.46. The van der Waals surface area contributed by atoms with Gasteiger partial charge in [-0.2, -0.15) is 0 Å². The van der Waals surface area contributed by atoms with Crippen molar-refractivity contribution >= 4 is 0 Å². The summed E-state index contributed by atoms with van der Waals surface area (Å²) in [5, 5.41) is 23.9. The molecular weight excluding hydrogens is 352 g/mol. The van der Waals surface area contributed by atoms with Gasteiger partial charge in [-0.3, -0.25) is 4.98 Å². The average molecular weight is 385 g/mol. The molecule has 2 aromatic rings. The molecule has 0 bridgehead atoms. The Labute approximate surface area is 167 Å². The van der Waals surface area contributed by atoms with Crippen LogP contribution in [0.1, 0.15) is 39.3 Å². The molecule has 0 amide bonds. The molecule has 0 saturated heterocycles. The number of nitrogens with zero attached hydrogens (tertiary/aromatic N) is 3. The zero-order chi connectivity index (χ0) is 20.1. The predicted molar refractivity (Wildman–Crippen MR) is 110 cm³/mol. The summed E-state index contributed by atoms with van der Waals surface area (Å²) in [6, 6.07) is 5.91. The molecule has 3 rings (SSSR count). The van der Waals surface area contributed by atoms with Crippen molar-refractivity contribution in [2.75, 3.05) is 13.2 Å². The molecule has 1 aliphatic carbocycles. The van der Waals surface area contributed by atoms with E-state index in [-0.39, 0.29) is 29.9 Å². The quantitative estimate of drug-likeness (QED) is 0.679. The summed E-state index contributed by atoms with van der Waals surface area (Å²) < 4.78 is 0. The van der Waals surface area contributed by atoms with E-state index >= 15 is 0 Å². The van der Waals surface area contributed by atoms with Gasteiger partial charge in [0.2, 0.25) is 0 Å². The molecule has 6 heteroatoms. The summed E-state index contributed by atoms with van der Waals surface area (Å²) in [6.07, 6.45) is 7.20. The van der Waals surface area contributed by atoms with Gasteiger partial charge >= 0.3 is 0 Å². The van der Waals surface area contributed by atoms with Crippen molar-refractivity contribution in [3.63, 3.8) is 0 Å². The Balaban J connectivity index is 1.73. The zero-order valence-corrected chi connectivity index (χ0v) is 17.0. The van der Waals surface area contributed by atoms with Crippen LogP contribution in [0.2, 0.25) is 0 Å². The number of rotatable bonds is 7. The van der Waals surface area contributed by atoms with Crippen LogP contribution in [0.15, 0.2) is 36.8 Å². The molecule has 1 aliphatic rings. The van der Waals surface area contributed by atoms with E-state index in [9.17, 15) is 10.2 Å². The third-order valence-electron chi connectivity index (χ3n) is 5.63. The lowest BCUT2D eigenvalue weighted by molar-refractivity contribution is 0.0716. The molecule has 152 valence electrons. The summed E-state index contributed by atoms with van der Waals surface area (Å²) in [5.74, 6) is 0.655. The van der Waals surface area contributed by atoms with E-state index in [0.717, 1.165) is 24.2 Å². The largest absolute Gasteiger partial charge is 0.396 e. The molecule has 2 heterocycles. The topological polar surface area (TPSA) is 91.2 Å². The zero-order valence-electron chi connectivity index (χ0n) is 17.0. The number of aliphatic hydroxyl groups excluding tert-OH is 2. The van der Waals surface area contributed by atoms with E-state index in [1.165, 1.54) is 0 Å². The van der Waals surface area contributed by atoms with Crippen molar-refractivity contribution in [3.8, 4) is 11.4 Å². The second kappa shape index (κ2) is 9.07. The molecule has 28 heavy (non-hydrogen) atoms. The van der Waals surface area contributed by atoms with Gasteiger partial charge in [0.1, 0.15) is 0 Å². The van der Waals surface area contributed by atoms with Crippen LogP contribution in [-0.2, 0) is 6.42 Å². The van der Waals surface area contributed by atoms with Crippen LogP contribution >= 0.6 is 0 Å². The fraction of sp³-hybridized carbons (Fsp3) is 0.591. The first-order valence-corrected chi connectivity index (χ1v) is 10.1. The van der Waals surface area contributed by atoms with E-state index < -0.39 is 6.10 Å². The molecule has 0 spiro atoms. The highest BCUT2D eigenvalue weighted by molar-refractivity contribution is 5.52. The van der Waals surface area contributed by atoms with Crippen LogP contribution in [0, 0.1) is 17.3 Å². The minimum absolute atomic E-state index is 0.0101. The van der Waals surface area contributed by atoms with Gasteiger partial charge < -0.3 is 15.5 Å². The third-order valence-corrected chi connectivity index (χ3v) is 5.63. The van der Waals surface area contributed by atoms with Crippen LogP contribution in [0.3, 0.4) is 0 Å². The molecule has 6 nitrogen and oxygen atoms in total. The minimum atomic E-state index is -0.484. The number of aliphatic hydroxyl groups is 2. The Bertz CT molecular complexity index is 748. The average Bonchev–Trinajstić information content (AvgIpc) is 2.96. The van der Waals surface area contributed by atoms with Crippen LogP contribution in [-0.4, -0.2) is 50.5 Å². The molecule has 3 N–H and O–H groups in total. The molecule has 2 aromatic heterocycles. The molecule has 0 unspecified atom stereocenters. The van der Waals surface area contributed by atoms with Gasteiger partial charge in [-0.1, -0.05) is 20.8 Å². The Morgan fingerprint density at radius 3 is 2.68 bits per heavy atom. The Morgan fingerprint density at radius 1 is 1.18 bits per heavy atom. The maximum atomic E-state index is 10.5. The van der Waals surface area contributed by atoms with E-state index in [1.807, 2.05) is 18.2 Å². The fourth-order valence-corrected chi connectivity index (χ4v) is 4.00. The normalized spacial score (nSPS) is 25.2. The van der Waals surface area contributed by atoms with Gasteiger partial charge in [0.15, 0.2) is 5.82 Å². The first-order valence-electron chi connectivity index (χ1n) is 10.1. The van der Waals surface area contributed by atoms with E-state index in [0.29, 0.717) is 18.7 Å². The highest BCUT2D eigenvalue weighted by Crippen LogP contribution is 2.35. The van der Waals surface area contributed by atoms with Gasteiger partial charge in [-0.25, -0.2) is 9.97 Å². The molecule has 1 saturated carbocycles. The van der Waals surface area contributed by atoms with Gasteiger partial charge in [0.25, 0.3) is 0 Å². The fourth-order valence-electron chi connectivity index (χ4n) is 4.00. The number of hydrogen-bond acceptors (Lipinski definition) is 6. The summed E-state index contributed by atoms with van der Waals surface area (Å²) in [5.41, 5.74) is 2.07. The summed E-state index contributed by atoms with van der Waals surface area (Å²) in [4.78, 5) is 13.2. The standard InChI is InChI=1S/C22H32N4O2/c1-22(2,3)7-10-24-19-12-20(28)18(14-27)17(19)11-16-6-9-25-21(26-16)15-5-4-8-23-13-15/h4-6,8-9,13,17-20,24,27-28H,7,10-12,14H2,1-3H3/t17-,18-,19-,20-/m1/s1. The SMILES string of the molecule is CC(C)(C)CCN[C@@H]1C[C@@H](O)[C@H](CO)[C@H]1Cc1ccnc(-c2cccnc2)n1. The molecule has 1 fully saturated rings. The first kappa shape index (κ1) is 20.8. The second-order valence-electron chi connectivity index (χ2n) is 9.00. The van der Waals surface area contributed by atoms with Gasteiger partial charge in [0.05, 0.1) is 6.10 Å². The van der Waals surface area contributed by atoms with Crippen molar-refractivity contribution < 1.29 is 10.2 Å². The number of nitrogens with one attached hydrogen (secondary N) is 1. The molecule has 0 radical (unpaired) electrons. The second-order valence-corrected chi connectivity index (χ2v) is 9.00. The van der Waals surface area contributed by atoms with Gasteiger partial charge in [-0.05, 0) is 55.3 Å². The van der Waals surface area contributed by atoms with Crippen LogP contribution < -0.4 is 5.32 Å². The number of pyridine rings is 1. The molecular formula is C22H32N4O2. The molecule has 0 aromatic carbocycles. The van der Waals surface area contributed by atoms with E-state index in [4.69, 9.17) is 4.98 Å². The lowest BCUT2D eigenvalue weighted by atomic mass is 9.88. The first-order chi connectivity index (χ1) is 13.4. The van der Waals surface area contributed by atoms with Crippen molar-refractivity contribution in [2.45, 2.75) is 52.2 Å². The summed E-state index contributed by atoms with van der Waals surface area (Å²) >= 11 is 0. The maximum Gasteiger partial charge on any atom is 0.160 e. The minimum Gasteiger partial charge on any atom is -0.396 e. The smallest absolute Gasteiger partial charge is 0.160 e. The summed E-state index contributed by atoms with van der Waals surface area (Å²) in [7, 11) is 0. The van der Waals surface area contributed by atoms with Crippen LogP contribution in [0.25, 0.3) is 11.4 Å². The third kappa shape index (κ3) is 5.34. The van der Waals surface area contributed by atoms with Gasteiger partial charge in [0, 0.05) is 48.4 Å². The summed E-state index contributed by atoms with van der Waals surface area (Å²) in [6.45, 7) is 7.58. The van der Waals surface area contributed by atoms with Crippen LogP contribution in [0.4, 0.5) is 0 Å².